The number of ether oxygens (including phenoxy) is 1. The molecule has 0 aromatic heterocycles. The number of aryl methyl sites for hydroxylation is 1. The molecule has 0 saturated heterocycles. The number of esters is 1. The van der Waals surface area contributed by atoms with E-state index in [1.807, 2.05) is 31.2 Å². The van der Waals surface area contributed by atoms with Crippen LogP contribution in [0.1, 0.15) is 29.7 Å². The summed E-state index contributed by atoms with van der Waals surface area (Å²) in [7, 11) is -3.71. The lowest BCUT2D eigenvalue weighted by molar-refractivity contribution is -0.147. The summed E-state index contributed by atoms with van der Waals surface area (Å²) in [5.41, 5.74) is 2.82. The summed E-state index contributed by atoms with van der Waals surface area (Å²) in [6.45, 7) is 3.22. The molecule has 1 aliphatic rings. The Bertz CT molecular complexity index is 859. The summed E-state index contributed by atoms with van der Waals surface area (Å²) in [6, 6.07) is 13.6. The molecule has 0 heterocycles. The second-order valence-corrected chi connectivity index (χ2v) is 7.68. The Kier molecular flexibility index (Phi) is 4.43. The van der Waals surface area contributed by atoms with Gasteiger partial charge in [0.2, 0.25) is 10.0 Å². The highest BCUT2D eigenvalue weighted by molar-refractivity contribution is 7.89. The van der Waals surface area contributed by atoms with E-state index in [4.69, 9.17) is 4.74 Å². The van der Waals surface area contributed by atoms with Crippen LogP contribution in [-0.4, -0.2) is 20.5 Å². The number of carbonyl (C=O) groups excluding carboxylic acids is 1. The van der Waals surface area contributed by atoms with E-state index in [9.17, 15) is 13.2 Å². The molecule has 0 bridgehead atoms. The summed E-state index contributed by atoms with van der Waals surface area (Å²) in [5.74, 6) is -0.424. The fourth-order valence-corrected chi connectivity index (χ4v) is 4.22. The van der Waals surface area contributed by atoms with E-state index < -0.39 is 28.1 Å². The quantitative estimate of drug-likeness (QED) is 0.864. The second-order valence-electron chi connectivity index (χ2n) is 5.96. The number of benzene rings is 2. The number of sulfonamides is 1. The van der Waals surface area contributed by atoms with Gasteiger partial charge in [0, 0.05) is 13.3 Å². The van der Waals surface area contributed by atoms with Gasteiger partial charge in [0.25, 0.3) is 0 Å². The van der Waals surface area contributed by atoms with Crippen molar-refractivity contribution < 1.29 is 17.9 Å². The van der Waals surface area contributed by atoms with Crippen molar-refractivity contribution in [3.63, 3.8) is 0 Å². The molecule has 0 radical (unpaired) electrons. The van der Waals surface area contributed by atoms with Crippen molar-refractivity contribution in [3.05, 3.63) is 65.2 Å². The molecule has 3 rings (SSSR count). The minimum absolute atomic E-state index is 0.194. The van der Waals surface area contributed by atoms with Crippen LogP contribution >= 0.6 is 0 Å². The maximum absolute atomic E-state index is 12.7. The number of hydrogen-bond donors (Lipinski definition) is 1. The van der Waals surface area contributed by atoms with E-state index >= 15 is 0 Å². The van der Waals surface area contributed by atoms with Crippen LogP contribution in [0.15, 0.2) is 53.4 Å². The number of rotatable bonds is 4. The summed E-state index contributed by atoms with van der Waals surface area (Å²) in [4.78, 5) is 11.6. The Morgan fingerprint density at radius 3 is 2.46 bits per heavy atom. The van der Waals surface area contributed by atoms with Crippen molar-refractivity contribution in [2.45, 2.75) is 37.3 Å². The van der Waals surface area contributed by atoms with Gasteiger partial charge in [-0.25, -0.2) is 8.42 Å². The van der Waals surface area contributed by atoms with Crippen LogP contribution in [0.2, 0.25) is 0 Å². The molecular formula is C18H19NO4S. The van der Waals surface area contributed by atoms with E-state index in [-0.39, 0.29) is 4.90 Å². The van der Waals surface area contributed by atoms with Crippen LogP contribution in [-0.2, 0) is 26.0 Å². The maximum atomic E-state index is 12.7. The molecular weight excluding hydrogens is 326 g/mol. The van der Waals surface area contributed by atoms with Gasteiger partial charge in [-0.05, 0) is 30.2 Å². The Balaban J connectivity index is 1.93. The van der Waals surface area contributed by atoms with Crippen molar-refractivity contribution >= 4 is 16.0 Å². The zero-order valence-electron chi connectivity index (χ0n) is 13.5. The Labute approximate surface area is 141 Å². The first-order chi connectivity index (χ1) is 11.4. The average Bonchev–Trinajstić information content (AvgIpc) is 2.84. The van der Waals surface area contributed by atoms with Crippen molar-refractivity contribution in [3.8, 4) is 0 Å². The van der Waals surface area contributed by atoms with E-state index in [1.54, 1.807) is 24.3 Å². The third kappa shape index (κ3) is 3.34. The monoisotopic (exact) mass is 345 g/mol. The lowest BCUT2D eigenvalue weighted by atomic mass is 10.1. The molecule has 2 atom stereocenters. The number of carbonyl (C=O) groups is 1. The zero-order valence-corrected chi connectivity index (χ0v) is 14.3. The van der Waals surface area contributed by atoms with Gasteiger partial charge in [0.05, 0.1) is 10.9 Å². The van der Waals surface area contributed by atoms with Gasteiger partial charge in [0.15, 0.2) is 0 Å². The predicted molar refractivity (Wildman–Crippen MR) is 89.9 cm³/mol. The molecule has 0 fully saturated rings. The van der Waals surface area contributed by atoms with Crippen molar-refractivity contribution in [2.75, 3.05) is 0 Å². The van der Waals surface area contributed by atoms with Gasteiger partial charge in [-0.15, -0.1) is 0 Å². The third-order valence-electron chi connectivity index (χ3n) is 4.11. The molecule has 126 valence electrons. The molecule has 0 aliphatic heterocycles. The first-order valence-corrected chi connectivity index (χ1v) is 9.19. The first-order valence-electron chi connectivity index (χ1n) is 7.71. The van der Waals surface area contributed by atoms with Crippen LogP contribution in [0.5, 0.6) is 0 Å². The number of hydrogen-bond acceptors (Lipinski definition) is 4. The van der Waals surface area contributed by atoms with Gasteiger partial charge in [-0.1, -0.05) is 42.0 Å². The average molecular weight is 345 g/mol. The molecule has 6 heteroatoms. The molecule has 2 aromatic carbocycles. The summed E-state index contributed by atoms with van der Waals surface area (Å²) < 4.78 is 33.4. The lowest BCUT2D eigenvalue weighted by Gasteiger charge is -2.21. The van der Waals surface area contributed by atoms with Crippen LogP contribution in [0.25, 0.3) is 0 Å². The molecule has 1 aliphatic carbocycles. The third-order valence-corrected chi connectivity index (χ3v) is 5.57. The van der Waals surface area contributed by atoms with E-state index in [2.05, 4.69) is 4.72 Å². The van der Waals surface area contributed by atoms with Gasteiger partial charge < -0.3 is 4.74 Å². The number of nitrogens with one attached hydrogen (secondary N) is 1. The van der Waals surface area contributed by atoms with E-state index in [1.165, 1.54) is 6.92 Å². The first kappa shape index (κ1) is 16.7. The zero-order chi connectivity index (χ0) is 17.3. The van der Waals surface area contributed by atoms with Crippen LogP contribution in [0, 0.1) is 6.92 Å². The molecule has 0 spiro atoms. The fourth-order valence-electron chi connectivity index (χ4n) is 2.97. The summed E-state index contributed by atoms with van der Waals surface area (Å²) in [6.07, 6.45) is -0.0447. The Morgan fingerprint density at radius 2 is 1.79 bits per heavy atom. The second kappa shape index (κ2) is 6.37. The molecule has 2 aromatic rings. The highest BCUT2D eigenvalue weighted by Crippen LogP contribution is 2.34. The Hall–Kier alpha value is -2.18. The maximum Gasteiger partial charge on any atom is 0.302 e. The summed E-state index contributed by atoms with van der Waals surface area (Å²) in [5, 5.41) is 0. The normalized spacial score (nSPS) is 19.8. The molecule has 5 nitrogen and oxygen atoms in total. The highest BCUT2D eigenvalue weighted by Gasteiger charge is 2.37. The Morgan fingerprint density at radius 1 is 1.12 bits per heavy atom. The smallest absolute Gasteiger partial charge is 0.302 e. The van der Waals surface area contributed by atoms with Gasteiger partial charge in [-0.3, -0.25) is 4.79 Å². The van der Waals surface area contributed by atoms with Gasteiger partial charge >= 0.3 is 5.97 Å². The molecule has 0 saturated carbocycles. The van der Waals surface area contributed by atoms with Crippen molar-refractivity contribution in [1.29, 1.82) is 0 Å². The SMILES string of the molecule is CC(=O)OC1Cc2ccccc2C1NS(=O)(=O)c1ccc(C)cc1. The molecule has 24 heavy (non-hydrogen) atoms. The van der Waals surface area contributed by atoms with Crippen molar-refractivity contribution in [2.24, 2.45) is 0 Å². The number of fused-ring (bicyclic) bond motifs is 1. The fraction of sp³-hybridized carbons (Fsp3) is 0.278. The topological polar surface area (TPSA) is 72.5 Å². The molecule has 1 N–H and O–H groups in total. The predicted octanol–water partition coefficient (Wildman–Crippen LogP) is 2.50. The van der Waals surface area contributed by atoms with Gasteiger partial charge in [0.1, 0.15) is 6.10 Å². The standard InChI is InChI=1S/C18H19NO4S/c1-12-7-9-15(10-8-12)24(21,22)19-18-16-6-4-3-5-14(16)11-17(18)23-13(2)20/h3-10,17-19H,11H2,1-2H3. The van der Waals surface area contributed by atoms with E-state index in [0.29, 0.717) is 6.42 Å². The minimum Gasteiger partial charge on any atom is -0.460 e. The van der Waals surface area contributed by atoms with Crippen LogP contribution in [0.4, 0.5) is 0 Å². The minimum atomic E-state index is -3.71. The largest absolute Gasteiger partial charge is 0.460 e. The lowest BCUT2D eigenvalue weighted by Crippen LogP contribution is -2.36. The van der Waals surface area contributed by atoms with Gasteiger partial charge in [-0.2, -0.15) is 4.72 Å². The summed E-state index contributed by atoms with van der Waals surface area (Å²) >= 11 is 0. The highest BCUT2D eigenvalue weighted by atomic mass is 32.2. The molecule has 2 unspecified atom stereocenters. The van der Waals surface area contributed by atoms with E-state index in [0.717, 1.165) is 16.7 Å². The molecule has 0 amide bonds. The van der Waals surface area contributed by atoms with Crippen LogP contribution < -0.4 is 4.72 Å². The van der Waals surface area contributed by atoms with Crippen LogP contribution in [0.3, 0.4) is 0 Å². The van der Waals surface area contributed by atoms with Crippen molar-refractivity contribution in [1.82, 2.24) is 4.72 Å².